The van der Waals surface area contributed by atoms with Crippen molar-refractivity contribution in [2.75, 3.05) is 0 Å². The van der Waals surface area contributed by atoms with Crippen molar-refractivity contribution >= 4 is 54.6 Å². The molecule has 12 aromatic rings. The Hall–Kier alpha value is -8.22. The predicted molar refractivity (Wildman–Crippen MR) is 242 cm³/mol. The lowest BCUT2D eigenvalue weighted by Crippen LogP contribution is -2.00. The number of rotatable bonds is 6. The fourth-order valence-electron chi connectivity index (χ4n) is 8.54. The topological polar surface area (TPSA) is 77.8 Å². The van der Waals surface area contributed by atoms with Crippen LogP contribution in [0.2, 0.25) is 0 Å². The number of hydrogen-bond donors (Lipinski definition) is 0. The zero-order valence-corrected chi connectivity index (χ0v) is 32.1. The van der Waals surface area contributed by atoms with E-state index in [1.54, 1.807) is 0 Å². The van der Waals surface area contributed by atoms with Crippen molar-refractivity contribution in [1.82, 2.24) is 19.9 Å². The molecule has 60 heavy (non-hydrogen) atoms. The smallest absolute Gasteiger partial charge is 0.164 e. The maximum absolute atomic E-state index is 6.60. The van der Waals surface area contributed by atoms with Crippen LogP contribution in [0, 0.1) is 0 Å². The molecule has 0 aliphatic heterocycles. The SMILES string of the molecule is c1ccc(-c2nc(-c3ccc(-c4cccc5cnccc45)cc3)nc(-c3cc(-c4cccc5c4oc4ccccc45)cc(-c4cccc5c4oc4ccccc45)c3)n2)cc1. The van der Waals surface area contributed by atoms with E-state index in [2.05, 4.69) is 120 Å². The summed E-state index contributed by atoms with van der Waals surface area (Å²) < 4.78 is 13.2. The van der Waals surface area contributed by atoms with Crippen molar-refractivity contribution in [2.24, 2.45) is 0 Å². The van der Waals surface area contributed by atoms with Gasteiger partial charge in [0.15, 0.2) is 17.5 Å². The quantitative estimate of drug-likeness (QED) is 0.168. The molecule has 0 bridgehead atoms. The molecule has 0 radical (unpaired) electrons. The van der Waals surface area contributed by atoms with E-state index in [0.717, 1.165) is 105 Å². The van der Waals surface area contributed by atoms with Crippen LogP contribution in [0.5, 0.6) is 0 Å². The molecule has 0 saturated heterocycles. The Labute approximate surface area is 344 Å². The van der Waals surface area contributed by atoms with E-state index >= 15 is 0 Å². The fraction of sp³-hybridized carbons (Fsp3) is 0. The molecule has 0 aliphatic rings. The first-order chi connectivity index (χ1) is 29.7. The average molecular weight is 769 g/mol. The molecule has 0 aliphatic carbocycles. The monoisotopic (exact) mass is 768 g/mol. The molecule has 0 fully saturated rings. The van der Waals surface area contributed by atoms with Gasteiger partial charge < -0.3 is 8.83 Å². The van der Waals surface area contributed by atoms with Crippen molar-refractivity contribution in [3.05, 3.63) is 194 Å². The molecule has 12 rings (SSSR count). The summed E-state index contributed by atoms with van der Waals surface area (Å²) >= 11 is 0. The molecule has 6 nitrogen and oxygen atoms in total. The van der Waals surface area contributed by atoms with Crippen molar-refractivity contribution in [3.63, 3.8) is 0 Å². The van der Waals surface area contributed by atoms with Crippen molar-refractivity contribution < 1.29 is 8.83 Å². The molecular formula is C54H32N4O2. The normalized spacial score (nSPS) is 11.7. The highest BCUT2D eigenvalue weighted by molar-refractivity contribution is 6.11. The zero-order valence-electron chi connectivity index (χ0n) is 32.1. The first-order valence-electron chi connectivity index (χ1n) is 19.9. The van der Waals surface area contributed by atoms with Gasteiger partial charge in [-0.2, -0.15) is 0 Å². The maximum Gasteiger partial charge on any atom is 0.164 e. The second-order valence-electron chi connectivity index (χ2n) is 15.0. The van der Waals surface area contributed by atoms with Gasteiger partial charge >= 0.3 is 0 Å². The van der Waals surface area contributed by atoms with Crippen LogP contribution in [-0.2, 0) is 0 Å². The minimum Gasteiger partial charge on any atom is -0.455 e. The lowest BCUT2D eigenvalue weighted by Gasteiger charge is -2.13. The van der Waals surface area contributed by atoms with Gasteiger partial charge in [-0.25, -0.2) is 15.0 Å². The van der Waals surface area contributed by atoms with Gasteiger partial charge in [-0.15, -0.1) is 0 Å². The number of hydrogen-bond acceptors (Lipinski definition) is 6. The molecule has 0 spiro atoms. The van der Waals surface area contributed by atoms with E-state index in [4.69, 9.17) is 23.8 Å². The van der Waals surface area contributed by atoms with Gasteiger partial charge in [-0.3, -0.25) is 4.98 Å². The molecule has 0 atom stereocenters. The highest BCUT2D eigenvalue weighted by atomic mass is 16.3. The van der Waals surface area contributed by atoms with Crippen molar-refractivity contribution in [2.45, 2.75) is 0 Å². The van der Waals surface area contributed by atoms with Crippen LogP contribution in [0.15, 0.2) is 203 Å². The summed E-state index contributed by atoms with van der Waals surface area (Å²) in [4.78, 5) is 19.8. The third kappa shape index (κ3) is 5.65. The van der Waals surface area contributed by atoms with E-state index in [0.29, 0.717) is 17.5 Å². The molecule has 4 heterocycles. The standard InChI is InChI=1S/C54H32N4O2/c1-2-11-34(12-3-1)52-56-53(35-25-23-33(24-26-35)40-16-8-13-36-32-55-28-27-41(36)40)58-54(57-52)39-30-37(42-17-9-19-46-44-14-4-6-21-48(44)59-50(42)46)29-38(31-39)43-18-10-20-47-45-15-5-7-22-49(45)60-51(43)47/h1-32H. The van der Waals surface area contributed by atoms with E-state index in [1.807, 2.05) is 79.1 Å². The third-order valence-electron chi connectivity index (χ3n) is 11.4. The van der Waals surface area contributed by atoms with Crippen LogP contribution >= 0.6 is 0 Å². The number of pyridine rings is 1. The fourth-order valence-corrected chi connectivity index (χ4v) is 8.54. The third-order valence-corrected chi connectivity index (χ3v) is 11.4. The highest BCUT2D eigenvalue weighted by Gasteiger charge is 2.20. The largest absolute Gasteiger partial charge is 0.455 e. The molecule has 0 saturated carbocycles. The Bertz CT molecular complexity index is 3470. The van der Waals surface area contributed by atoms with Crippen molar-refractivity contribution in [3.8, 4) is 67.5 Å². The summed E-state index contributed by atoms with van der Waals surface area (Å²) in [7, 11) is 0. The molecule has 4 aromatic heterocycles. The second-order valence-corrected chi connectivity index (χ2v) is 15.0. The predicted octanol–water partition coefficient (Wildman–Crippen LogP) is 14.2. The van der Waals surface area contributed by atoms with Crippen LogP contribution in [0.4, 0.5) is 0 Å². The van der Waals surface area contributed by atoms with Gasteiger partial charge in [0.2, 0.25) is 0 Å². The second kappa shape index (κ2) is 13.7. The lowest BCUT2D eigenvalue weighted by molar-refractivity contribution is 0.670. The average Bonchev–Trinajstić information content (AvgIpc) is 3.90. The molecule has 0 amide bonds. The number of benzene rings is 8. The maximum atomic E-state index is 6.60. The highest BCUT2D eigenvalue weighted by Crippen LogP contribution is 2.42. The van der Waals surface area contributed by atoms with Gasteiger partial charge in [-0.05, 0) is 64.0 Å². The molecule has 0 unspecified atom stereocenters. The van der Waals surface area contributed by atoms with Crippen LogP contribution in [0.1, 0.15) is 0 Å². The van der Waals surface area contributed by atoms with Gasteiger partial charge in [0.05, 0.1) is 0 Å². The summed E-state index contributed by atoms with van der Waals surface area (Å²) in [6.07, 6.45) is 3.74. The number of fused-ring (bicyclic) bond motifs is 7. The minimum atomic E-state index is 0.557. The summed E-state index contributed by atoms with van der Waals surface area (Å²) in [6.45, 7) is 0. The van der Waals surface area contributed by atoms with Crippen LogP contribution in [0.3, 0.4) is 0 Å². The zero-order chi connectivity index (χ0) is 39.6. The van der Waals surface area contributed by atoms with Gasteiger partial charge in [-0.1, -0.05) is 146 Å². The molecule has 280 valence electrons. The van der Waals surface area contributed by atoms with Crippen LogP contribution in [0.25, 0.3) is 122 Å². The van der Waals surface area contributed by atoms with Crippen LogP contribution < -0.4 is 0 Å². The van der Waals surface area contributed by atoms with E-state index in [1.165, 1.54) is 0 Å². The molecular weight excluding hydrogens is 737 g/mol. The molecule has 6 heteroatoms. The lowest BCUT2D eigenvalue weighted by atomic mass is 9.94. The molecule has 8 aromatic carbocycles. The van der Waals surface area contributed by atoms with E-state index in [9.17, 15) is 0 Å². The number of aromatic nitrogens is 4. The van der Waals surface area contributed by atoms with Crippen LogP contribution in [-0.4, -0.2) is 19.9 Å². The van der Waals surface area contributed by atoms with Crippen molar-refractivity contribution in [1.29, 1.82) is 0 Å². The Morgan fingerprint density at radius 1 is 0.317 bits per heavy atom. The first-order valence-corrected chi connectivity index (χ1v) is 19.9. The first kappa shape index (κ1) is 33.9. The summed E-state index contributed by atoms with van der Waals surface area (Å²) in [5, 5.41) is 6.54. The van der Waals surface area contributed by atoms with E-state index in [-0.39, 0.29) is 0 Å². The Morgan fingerprint density at radius 2 is 0.800 bits per heavy atom. The van der Waals surface area contributed by atoms with Gasteiger partial charge in [0.25, 0.3) is 0 Å². The Morgan fingerprint density at radius 3 is 1.43 bits per heavy atom. The van der Waals surface area contributed by atoms with E-state index < -0.39 is 0 Å². The van der Waals surface area contributed by atoms with Gasteiger partial charge in [0.1, 0.15) is 22.3 Å². The Balaban J connectivity index is 1.07. The summed E-state index contributed by atoms with van der Waals surface area (Å²) in [5.41, 5.74) is 12.1. The molecule has 0 N–H and O–H groups in total. The number of furan rings is 2. The summed E-state index contributed by atoms with van der Waals surface area (Å²) in [6, 6.07) is 62.5. The number of nitrogens with zero attached hydrogens (tertiary/aromatic N) is 4. The minimum absolute atomic E-state index is 0.557. The van der Waals surface area contributed by atoms with Gasteiger partial charge in [0, 0.05) is 67.1 Å². The Kier molecular flexibility index (Phi) is 7.74. The number of para-hydroxylation sites is 4. The summed E-state index contributed by atoms with van der Waals surface area (Å²) in [5.74, 6) is 1.73.